The van der Waals surface area contributed by atoms with Crippen LogP contribution in [0.2, 0.25) is 0 Å². The van der Waals surface area contributed by atoms with Gasteiger partial charge < -0.3 is 29.5 Å². The second-order valence-electron chi connectivity index (χ2n) is 11.2. The molecule has 186 valence electrons. The number of ether oxygens (including phenoxy) is 3. The Morgan fingerprint density at radius 3 is 2.59 bits per heavy atom. The summed E-state index contributed by atoms with van der Waals surface area (Å²) in [5.74, 6) is -6.90. The molecule has 0 unspecified atom stereocenters. The molecule has 1 spiro atoms. The minimum absolute atomic E-state index is 0.0534. The molecular weight excluding hydrogens is 444 g/mol. The quantitative estimate of drug-likeness (QED) is 0.298. The predicted octanol–water partition coefficient (Wildman–Crippen LogP) is 0.654. The molecule has 3 N–H and O–H groups in total. The molecule has 2 bridgehead atoms. The molecule has 9 nitrogen and oxygen atoms in total. The fraction of sp³-hybridized carbons (Fsp3) is 0.720. The van der Waals surface area contributed by atoms with Crippen LogP contribution in [0.25, 0.3) is 0 Å². The van der Waals surface area contributed by atoms with Gasteiger partial charge in [-0.1, -0.05) is 31.1 Å². The van der Waals surface area contributed by atoms with Crippen LogP contribution < -0.4 is 0 Å². The maximum atomic E-state index is 13.5. The molecule has 2 saturated heterocycles. The van der Waals surface area contributed by atoms with Gasteiger partial charge in [-0.2, -0.15) is 0 Å². The standard InChI is InChI=1S/C25H32O9/c1-10(2)6-15(27)33-18-17-11(3)7-14(26)20(30)23(17,5)22-24-9-32-25(22,31)19(29)12(4)13(24)8-16(28)34-21(18)24/h6-7,12-14,17-18,20-22,26,30-31H,8-9H2,1-5H3/t12-,13+,14+,17-,18-,20-,21-,22-,23-,24-,25+/m1/s1. The van der Waals surface area contributed by atoms with Crippen molar-refractivity contribution in [2.45, 2.75) is 71.2 Å². The number of aliphatic hydroxyl groups excluding tert-OH is 2. The van der Waals surface area contributed by atoms with E-state index in [1.807, 2.05) is 0 Å². The van der Waals surface area contributed by atoms with Crippen molar-refractivity contribution < 1.29 is 43.9 Å². The molecule has 0 aromatic carbocycles. The molecule has 0 aromatic rings. The van der Waals surface area contributed by atoms with Crippen molar-refractivity contribution in [1.29, 1.82) is 0 Å². The lowest BCUT2D eigenvalue weighted by atomic mass is 9.37. The average molecular weight is 477 g/mol. The number of hydrogen-bond donors (Lipinski definition) is 3. The van der Waals surface area contributed by atoms with Crippen molar-refractivity contribution in [3.63, 3.8) is 0 Å². The van der Waals surface area contributed by atoms with Gasteiger partial charge in [0.05, 0.1) is 18.8 Å². The zero-order chi connectivity index (χ0) is 25.0. The number of rotatable bonds is 2. The second-order valence-corrected chi connectivity index (χ2v) is 11.2. The van der Waals surface area contributed by atoms with E-state index in [1.165, 1.54) is 12.2 Å². The van der Waals surface area contributed by atoms with E-state index in [-0.39, 0.29) is 13.0 Å². The number of ketones is 1. The van der Waals surface area contributed by atoms with Gasteiger partial charge in [0, 0.05) is 41.1 Å². The number of Topliss-reactive ketones (excluding diaryl/α,β-unsaturated/α-hetero) is 1. The number of carbonyl (C=O) groups excluding carboxylic acids is 3. The number of aliphatic hydroxyl groups is 3. The van der Waals surface area contributed by atoms with Crippen LogP contribution in [0.4, 0.5) is 0 Å². The van der Waals surface area contributed by atoms with E-state index in [1.54, 1.807) is 34.6 Å². The lowest BCUT2D eigenvalue weighted by molar-refractivity contribution is -0.306. The molecule has 11 atom stereocenters. The minimum Gasteiger partial charge on any atom is -0.458 e. The van der Waals surface area contributed by atoms with Gasteiger partial charge in [-0.3, -0.25) is 9.59 Å². The Balaban J connectivity index is 1.78. The highest BCUT2D eigenvalue weighted by Gasteiger charge is 2.84. The third kappa shape index (κ3) is 2.67. The van der Waals surface area contributed by atoms with E-state index in [0.29, 0.717) is 5.57 Å². The molecule has 3 aliphatic carbocycles. The van der Waals surface area contributed by atoms with Crippen molar-refractivity contribution in [1.82, 2.24) is 0 Å². The summed E-state index contributed by atoms with van der Waals surface area (Å²) >= 11 is 0. The van der Waals surface area contributed by atoms with Gasteiger partial charge in [-0.25, -0.2) is 4.79 Å². The third-order valence-electron chi connectivity index (χ3n) is 9.17. The van der Waals surface area contributed by atoms with Crippen LogP contribution in [0.15, 0.2) is 23.3 Å². The average Bonchev–Trinajstić information content (AvgIpc) is 3.02. The largest absolute Gasteiger partial charge is 0.458 e. The van der Waals surface area contributed by atoms with E-state index in [9.17, 15) is 29.7 Å². The van der Waals surface area contributed by atoms with Gasteiger partial charge in [0.2, 0.25) is 5.79 Å². The SMILES string of the molecule is CC(C)=CC(=O)O[C@@H]1[C@H]2C(C)=C[C@H](O)[C@@H](O)[C@]2(C)[C@@H]2[C@]34CO[C@@]2(O)C(=O)[C@H](C)[C@@H]3CC(=O)O[C@H]14. The van der Waals surface area contributed by atoms with Gasteiger partial charge >= 0.3 is 11.9 Å². The highest BCUT2D eigenvalue weighted by Crippen LogP contribution is 2.73. The molecular formula is C25H32O9. The molecule has 0 aromatic heterocycles. The lowest BCUT2D eigenvalue weighted by Gasteiger charge is -2.68. The monoisotopic (exact) mass is 476 g/mol. The first-order valence-corrected chi connectivity index (χ1v) is 11.8. The van der Waals surface area contributed by atoms with Gasteiger partial charge in [-0.15, -0.1) is 0 Å². The number of carbonyl (C=O) groups is 3. The summed E-state index contributed by atoms with van der Waals surface area (Å²) in [6, 6.07) is 0. The molecule has 2 aliphatic heterocycles. The Morgan fingerprint density at radius 2 is 1.94 bits per heavy atom. The van der Waals surface area contributed by atoms with E-state index in [2.05, 4.69) is 0 Å². The molecule has 4 fully saturated rings. The lowest BCUT2D eigenvalue weighted by Crippen LogP contribution is -2.78. The van der Waals surface area contributed by atoms with Crippen molar-refractivity contribution in [2.75, 3.05) is 6.61 Å². The topological polar surface area (TPSA) is 140 Å². The second kappa shape index (κ2) is 7.22. The van der Waals surface area contributed by atoms with Gasteiger partial charge in [0.1, 0.15) is 12.2 Å². The Kier molecular flexibility index (Phi) is 5.03. The Bertz CT molecular complexity index is 1030. The van der Waals surface area contributed by atoms with Crippen molar-refractivity contribution in [3.8, 4) is 0 Å². The summed E-state index contributed by atoms with van der Waals surface area (Å²) in [5, 5.41) is 33.8. The molecule has 34 heavy (non-hydrogen) atoms. The summed E-state index contributed by atoms with van der Waals surface area (Å²) in [4.78, 5) is 39.1. The Labute approximate surface area is 197 Å². The zero-order valence-corrected chi connectivity index (χ0v) is 20.0. The summed E-state index contributed by atoms with van der Waals surface area (Å²) < 4.78 is 17.7. The number of fused-ring (bicyclic) bond motifs is 1. The molecule has 9 heteroatoms. The normalized spacial score (nSPS) is 51.0. The Morgan fingerprint density at radius 1 is 1.26 bits per heavy atom. The van der Waals surface area contributed by atoms with Gasteiger partial charge in [-0.05, 0) is 26.7 Å². The molecule has 2 heterocycles. The van der Waals surface area contributed by atoms with Crippen molar-refractivity contribution in [3.05, 3.63) is 23.3 Å². The minimum atomic E-state index is -2.22. The molecule has 5 rings (SSSR count). The van der Waals surface area contributed by atoms with Gasteiger partial charge in [0.15, 0.2) is 5.78 Å². The first kappa shape index (κ1) is 23.7. The van der Waals surface area contributed by atoms with Crippen LogP contribution in [0, 0.1) is 34.5 Å². The van der Waals surface area contributed by atoms with E-state index in [4.69, 9.17) is 14.2 Å². The van der Waals surface area contributed by atoms with Crippen LogP contribution in [0.5, 0.6) is 0 Å². The fourth-order valence-corrected chi connectivity index (χ4v) is 8.13. The highest BCUT2D eigenvalue weighted by molar-refractivity contribution is 5.91. The Hall–Kier alpha value is -2.07. The molecule has 2 saturated carbocycles. The summed E-state index contributed by atoms with van der Waals surface area (Å²) in [6.45, 7) is 8.50. The summed E-state index contributed by atoms with van der Waals surface area (Å²) in [6.07, 6.45) is -1.88. The molecule has 5 aliphatic rings. The van der Waals surface area contributed by atoms with Gasteiger partial charge in [0.25, 0.3) is 0 Å². The van der Waals surface area contributed by atoms with Crippen LogP contribution in [0.3, 0.4) is 0 Å². The maximum Gasteiger partial charge on any atom is 0.331 e. The fourth-order valence-electron chi connectivity index (χ4n) is 8.13. The smallest absolute Gasteiger partial charge is 0.331 e. The van der Waals surface area contributed by atoms with Crippen molar-refractivity contribution in [2.24, 2.45) is 34.5 Å². The number of hydrogen-bond acceptors (Lipinski definition) is 9. The summed E-state index contributed by atoms with van der Waals surface area (Å²) in [7, 11) is 0. The highest BCUT2D eigenvalue weighted by atomic mass is 16.6. The molecule has 0 radical (unpaired) electrons. The first-order chi connectivity index (χ1) is 15.8. The first-order valence-electron chi connectivity index (χ1n) is 11.8. The van der Waals surface area contributed by atoms with E-state index >= 15 is 0 Å². The number of esters is 2. The van der Waals surface area contributed by atoms with Crippen molar-refractivity contribution >= 4 is 17.7 Å². The zero-order valence-electron chi connectivity index (χ0n) is 20.0. The van der Waals surface area contributed by atoms with Crippen LogP contribution in [-0.2, 0) is 28.6 Å². The summed E-state index contributed by atoms with van der Waals surface area (Å²) in [5.41, 5.74) is -1.08. The van der Waals surface area contributed by atoms with Crippen LogP contribution in [0.1, 0.15) is 41.0 Å². The molecule has 0 amide bonds. The van der Waals surface area contributed by atoms with Crippen LogP contribution in [-0.4, -0.2) is 69.9 Å². The van der Waals surface area contributed by atoms with E-state index < -0.39 is 82.4 Å². The third-order valence-corrected chi connectivity index (χ3v) is 9.17. The maximum absolute atomic E-state index is 13.5. The predicted molar refractivity (Wildman–Crippen MR) is 116 cm³/mol. The van der Waals surface area contributed by atoms with E-state index in [0.717, 1.165) is 5.57 Å². The number of allylic oxidation sites excluding steroid dienone is 1. The van der Waals surface area contributed by atoms with Crippen LogP contribution >= 0.6 is 0 Å².